The quantitative estimate of drug-likeness (QED) is 0.895. The first-order chi connectivity index (χ1) is 12.9. The lowest BCUT2D eigenvalue weighted by Crippen LogP contribution is -2.51. The maximum Gasteiger partial charge on any atom is 0.253 e. The average molecular weight is 368 g/mol. The first-order valence-corrected chi connectivity index (χ1v) is 9.27. The highest BCUT2D eigenvalue weighted by Crippen LogP contribution is 2.30. The molecule has 1 atom stereocenters. The second kappa shape index (κ2) is 7.91. The van der Waals surface area contributed by atoms with Crippen LogP contribution in [-0.2, 0) is 11.3 Å². The molecule has 0 aromatic heterocycles. The summed E-state index contributed by atoms with van der Waals surface area (Å²) in [5.41, 5.74) is 1.89. The van der Waals surface area contributed by atoms with Gasteiger partial charge in [0.05, 0.1) is 5.41 Å². The van der Waals surface area contributed by atoms with E-state index in [1.54, 1.807) is 11.0 Å². The van der Waals surface area contributed by atoms with E-state index in [4.69, 9.17) is 0 Å². The number of hydrogen-bond donors (Lipinski definition) is 1. The molecule has 1 N–H and O–H groups in total. The molecule has 1 fully saturated rings. The highest BCUT2D eigenvalue weighted by atomic mass is 19.1. The molecule has 0 radical (unpaired) electrons. The minimum absolute atomic E-state index is 0.0532. The van der Waals surface area contributed by atoms with Crippen molar-refractivity contribution in [1.29, 1.82) is 0 Å². The lowest BCUT2D eigenvalue weighted by atomic mass is 9.80. The molecule has 27 heavy (non-hydrogen) atoms. The summed E-state index contributed by atoms with van der Waals surface area (Å²) in [4.78, 5) is 27.2. The second-order valence-electron chi connectivity index (χ2n) is 7.51. The van der Waals surface area contributed by atoms with E-state index >= 15 is 0 Å². The number of carbonyl (C=O) groups excluding carboxylic acids is 2. The fourth-order valence-electron chi connectivity index (χ4n) is 3.60. The van der Waals surface area contributed by atoms with Gasteiger partial charge in [-0.2, -0.15) is 0 Å². The summed E-state index contributed by atoms with van der Waals surface area (Å²) < 4.78 is 13.4. The first kappa shape index (κ1) is 19.1. The Kier molecular flexibility index (Phi) is 5.59. The van der Waals surface area contributed by atoms with Crippen LogP contribution in [0.1, 0.15) is 41.3 Å². The molecule has 2 aromatic carbocycles. The van der Waals surface area contributed by atoms with Crippen molar-refractivity contribution in [3.63, 3.8) is 0 Å². The Labute approximate surface area is 159 Å². The summed E-state index contributed by atoms with van der Waals surface area (Å²) in [6, 6.07) is 13.6. The van der Waals surface area contributed by atoms with Gasteiger partial charge in [-0.15, -0.1) is 0 Å². The average Bonchev–Trinajstić information content (AvgIpc) is 2.66. The van der Waals surface area contributed by atoms with Crippen molar-refractivity contribution >= 4 is 11.8 Å². The maximum atomic E-state index is 13.4. The Hall–Kier alpha value is -2.69. The van der Waals surface area contributed by atoms with Gasteiger partial charge in [0.2, 0.25) is 5.91 Å². The number of aryl methyl sites for hydroxylation is 1. The van der Waals surface area contributed by atoms with Crippen molar-refractivity contribution in [1.82, 2.24) is 10.2 Å². The number of amides is 2. The van der Waals surface area contributed by atoms with Crippen LogP contribution in [0.3, 0.4) is 0 Å². The molecule has 0 aliphatic carbocycles. The number of piperidine rings is 1. The standard InChI is InChI=1S/C22H25FN2O2/c1-16-7-3-4-8-18(16)14-24-21(27)22(2)11-6-12-25(15-22)20(26)17-9-5-10-19(23)13-17/h3-5,7-10,13H,6,11-12,14-15H2,1-2H3,(H,24,27)/t22-/m1/s1. The largest absolute Gasteiger partial charge is 0.351 e. The lowest BCUT2D eigenvalue weighted by Gasteiger charge is -2.39. The molecule has 2 amide bonds. The van der Waals surface area contributed by atoms with Crippen molar-refractivity contribution in [2.24, 2.45) is 5.41 Å². The van der Waals surface area contributed by atoms with E-state index in [1.807, 2.05) is 38.1 Å². The number of nitrogens with zero attached hydrogens (tertiary/aromatic N) is 1. The van der Waals surface area contributed by atoms with Crippen molar-refractivity contribution < 1.29 is 14.0 Å². The minimum Gasteiger partial charge on any atom is -0.351 e. The smallest absolute Gasteiger partial charge is 0.253 e. The van der Waals surface area contributed by atoms with E-state index in [0.29, 0.717) is 25.2 Å². The van der Waals surface area contributed by atoms with E-state index in [1.165, 1.54) is 18.2 Å². The van der Waals surface area contributed by atoms with Crippen LogP contribution in [0.25, 0.3) is 0 Å². The third kappa shape index (κ3) is 4.35. The Morgan fingerprint density at radius 2 is 1.96 bits per heavy atom. The summed E-state index contributed by atoms with van der Waals surface area (Å²) in [7, 11) is 0. The maximum absolute atomic E-state index is 13.4. The summed E-state index contributed by atoms with van der Waals surface area (Å²) in [6.07, 6.45) is 1.47. The van der Waals surface area contributed by atoms with E-state index in [-0.39, 0.29) is 11.8 Å². The number of rotatable bonds is 4. The molecular weight excluding hydrogens is 343 g/mol. The van der Waals surface area contributed by atoms with Crippen molar-refractivity contribution in [2.75, 3.05) is 13.1 Å². The summed E-state index contributed by atoms with van der Waals surface area (Å²) in [6.45, 7) is 5.30. The zero-order chi connectivity index (χ0) is 19.4. The molecule has 3 rings (SSSR count). The predicted octanol–water partition coefficient (Wildman–Crippen LogP) is 3.69. The highest BCUT2D eigenvalue weighted by Gasteiger charge is 2.39. The fourth-order valence-corrected chi connectivity index (χ4v) is 3.60. The molecule has 1 aliphatic rings. The van der Waals surface area contributed by atoms with Crippen molar-refractivity contribution in [3.8, 4) is 0 Å². The summed E-state index contributed by atoms with van der Waals surface area (Å²) in [5.74, 6) is -0.716. The number of hydrogen-bond acceptors (Lipinski definition) is 2. The molecule has 142 valence electrons. The van der Waals surface area contributed by atoms with Gasteiger partial charge in [-0.05, 0) is 56.0 Å². The molecule has 1 saturated heterocycles. The van der Waals surface area contributed by atoms with Gasteiger partial charge in [-0.1, -0.05) is 30.3 Å². The molecule has 5 heteroatoms. The molecule has 0 bridgehead atoms. The molecule has 0 spiro atoms. The zero-order valence-electron chi connectivity index (χ0n) is 15.8. The van der Waals surface area contributed by atoms with Gasteiger partial charge in [0.15, 0.2) is 0 Å². The van der Waals surface area contributed by atoms with Crippen LogP contribution in [0.15, 0.2) is 48.5 Å². The second-order valence-corrected chi connectivity index (χ2v) is 7.51. The number of benzene rings is 2. The van der Waals surface area contributed by atoms with Crippen LogP contribution in [0.4, 0.5) is 4.39 Å². The van der Waals surface area contributed by atoms with E-state index in [2.05, 4.69) is 5.32 Å². The van der Waals surface area contributed by atoms with Crippen molar-refractivity contribution in [2.45, 2.75) is 33.2 Å². The molecule has 1 aliphatic heterocycles. The van der Waals surface area contributed by atoms with Gasteiger partial charge in [-0.25, -0.2) is 4.39 Å². The molecule has 0 unspecified atom stereocenters. The summed E-state index contributed by atoms with van der Waals surface area (Å²) in [5, 5.41) is 3.02. The monoisotopic (exact) mass is 368 g/mol. The van der Waals surface area contributed by atoms with Gasteiger partial charge in [0.1, 0.15) is 5.82 Å². The molecule has 1 heterocycles. The van der Waals surface area contributed by atoms with Gasteiger partial charge in [0, 0.05) is 25.2 Å². The van der Waals surface area contributed by atoms with Crippen LogP contribution < -0.4 is 5.32 Å². The number of likely N-dealkylation sites (tertiary alicyclic amines) is 1. The zero-order valence-corrected chi connectivity index (χ0v) is 15.8. The third-order valence-corrected chi connectivity index (χ3v) is 5.30. The van der Waals surface area contributed by atoms with Gasteiger partial charge in [0.25, 0.3) is 5.91 Å². The van der Waals surface area contributed by atoms with E-state index < -0.39 is 11.2 Å². The highest BCUT2D eigenvalue weighted by molar-refractivity contribution is 5.95. The van der Waals surface area contributed by atoms with Crippen LogP contribution >= 0.6 is 0 Å². The molecule has 2 aromatic rings. The Morgan fingerprint density at radius 3 is 2.70 bits per heavy atom. The molecule has 0 saturated carbocycles. The van der Waals surface area contributed by atoms with E-state index in [9.17, 15) is 14.0 Å². The topological polar surface area (TPSA) is 49.4 Å². The predicted molar refractivity (Wildman–Crippen MR) is 103 cm³/mol. The van der Waals surface area contributed by atoms with Crippen molar-refractivity contribution in [3.05, 3.63) is 71.0 Å². The Balaban J connectivity index is 1.67. The van der Waals surface area contributed by atoms with Crippen LogP contribution in [0, 0.1) is 18.2 Å². The number of halogens is 1. The van der Waals surface area contributed by atoms with Crippen LogP contribution in [-0.4, -0.2) is 29.8 Å². The third-order valence-electron chi connectivity index (χ3n) is 5.30. The number of nitrogens with one attached hydrogen (secondary N) is 1. The lowest BCUT2D eigenvalue weighted by molar-refractivity contribution is -0.132. The first-order valence-electron chi connectivity index (χ1n) is 9.27. The van der Waals surface area contributed by atoms with Gasteiger partial charge in [-0.3, -0.25) is 9.59 Å². The van der Waals surface area contributed by atoms with Gasteiger partial charge >= 0.3 is 0 Å². The van der Waals surface area contributed by atoms with Crippen LogP contribution in [0.5, 0.6) is 0 Å². The molecule has 4 nitrogen and oxygen atoms in total. The Bertz CT molecular complexity index is 852. The SMILES string of the molecule is Cc1ccccc1CNC(=O)[C@]1(C)CCCN(C(=O)c2cccc(F)c2)C1. The minimum atomic E-state index is -0.649. The number of carbonyl (C=O) groups is 2. The van der Waals surface area contributed by atoms with Crippen LogP contribution in [0.2, 0.25) is 0 Å². The molecular formula is C22H25FN2O2. The Morgan fingerprint density at radius 1 is 1.19 bits per heavy atom. The summed E-state index contributed by atoms with van der Waals surface area (Å²) >= 11 is 0. The fraction of sp³-hybridized carbons (Fsp3) is 0.364. The normalized spacial score (nSPS) is 19.6. The van der Waals surface area contributed by atoms with E-state index in [0.717, 1.165) is 24.0 Å². The van der Waals surface area contributed by atoms with Gasteiger partial charge < -0.3 is 10.2 Å².